The molecule has 0 atom stereocenters. The van der Waals surface area contributed by atoms with E-state index in [9.17, 15) is 0 Å². The number of ether oxygens (including phenoxy) is 1. The van der Waals surface area contributed by atoms with Crippen LogP contribution in [0.2, 0.25) is 0 Å². The predicted molar refractivity (Wildman–Crippen MR) is 109 cm³/mol. The van der Waals surface area contributed by atoms with E-state index < -0.39 is 0 Å². The van der Waals surface area contributed by atoms with Crippen LogP contribution in [0.1, 0.15) is 20.8 Å². The molecule has 1 aromatic carbocycles. The molecule has 0 bridgehead atoms. The molecule has 26 heavy (non-hydrogen) atoms. The van der Waals surface area contributed by atoms with Gasteiger partial charge in [0.25, 0.3) is 0 Å². The Bertz CT molecular complexity index is 533. The molecule has 1 aromatic rings. The third-order valence-corrected chi connectivity index (χ3v) is 4.37. The van der Waals surface area contributed by atoms with Gasteiger partial charge in [-0.2, -0.15) is 0 Å². The normalized spacial score (nSPS) is 16.6. The summed E-state index contributed by atoms with van der Waals surface area (Å²) in [4.78, 5) is 9.22. The Morgan fingerprint density at radius 1 is 1.08 bits per heavy atom. The fourth-order valence-electron chi connectivity index (χ4n) is 2.94. The number of para-hydroxylation sites is 1. The zero-order chi connectivity index (χ0) is 18.8. The molecule has 0 aliphatic carbocycles. The van der Waals surface area contributed by atoms with Crippen molar-refractivity contribution in [1.29, 1.82) is 0 Å². The smallest absolute Gasteiger partial charge is 0.193 e. The summed E-state index contributed by atoms with van der Waals surface area (Å²) in [6, 6.07) is 10.0. The molecule has 2 N–H and O–H groups in total. The van der Waals surface area contributed by atoms with E-state index in [1.165, 1.54) is 0 Å². The number of piperazine rings is 1. The first-order valence-electron chi connectivity index (χ1n) is 9.59. The third-order valence-electron chi connectivity index (χ3n) is 4.37. The van der Waals surface area contributed by atoms with Crippen LogP contribution in [0.15, 0.2) is 35.3 Å². The number of aliphatic imine (C=N–C) groups is 1. The number of guanidine groups is 1. The first kappa shape index (κ1) is 20.5. The number of hydrogen-bond acceptors (Lipinski definition) is 4. The highest BCUT2D eigenvalue weighted by molar-refractivity contribution is 5.80. The van der Waals surface area contributed by atoms with Gasteiger partial charge in [-0.05, 0) is 32.9 Å². The third kappa shape index (κ3) is 7.62. The van der Waals surface area contributed by atoms with Gasteiger partial charge in [0, 0.05) is 58.4 Å². The van der Waals surface area contributed by atoms with E-state index in [1.807, 2.05) is 37.4 Å². The molecule has 1 heterocycles. The van der Waals surface area contributed by atoms with Crippen LogP contribution < -0.4 is 15.4 Å². The first-order valence-corrected chi connectivity index (χ1v) is 9.59. The van der Waals surface area contributed by atoms with E-state index in [-0.39, 0.29) is 5.54 Å². The minimum atomic E-state index is 0.151. The fraction of sp³-hybridized carbons (Fsp3) is 0.650. The van der Waals surface area contributed by atoms with Gasteiger partial charge in [-0.1, -0.05) is 18.2 Å². The van der Waals surface area contributed by atoms with Crippen molar-refractivity contribution in [3.63, 3.8) is 0 Å². The summed E-state index contributed by atoms with van der Waals surface area (Å²) in [5.74, 6) is 1.94. The summed E-state index contributed by atoms with van der Waals surface area (Å²) in [5.41, 5.74) is 0.151. The second-order valence-electron chi connectivity index (χ2n) is 7.64. The van der Waals surface area contributed by atoms with Crippen LogP contribution in [0.4, 0.5) is 0 Å². The second kappa shape index (κ2) is 10.4. The average Bonchev–Trinajstić information content (AvgIpc) is 2.63. The van der Waals surface area contributed by atoms with Gasteiger partial charge in [0.1, 0.15) is 12.4 Å². The van der Waals surface area contributed by atoms with Crippen LogP contribution in [-0.2, 0) is 0 Å². The SMILES string of the molecule is CN=C(NCCNC(C)(C)C)N1CCN(CCOc2ccccc2)CC1. The molecule has 146 valence electrons. The molecule has 0 saturated carbocycles. The molecule has 1 aliphatic heterocycles. The number of hydrogen-bond donors (Lipinski definition) is 2. The van der Waals surface area contributed by atoms with Crippen LogP contribution in [0.3, 0.4) is 0 Å². The molecule has 1 aliphatic rings. The molecular formula is C20H35N5O. The lowest BCUT2D eigenvalue weighted by Crippen LogP contribution is -2.54. The Balaban J connectivity index is 1.63. The monoisotopic (exact) mass is 361 g/mol. The zero-order valence-corrected chi connectivity index (χ0v) is 16.8. The predicted octanol–water partition coefficient (Wildman–Crippen LogP) is 1.65. The number of rotatable bonds is 7. The van der Waals surface area contributed by atoms with Crippen molar-refractivity contribution in [2.24, 2.45) is 4.99 Å². The second-order valence-corrected chi connectivity index (χ2v) is 7.64. The summed E-state index contributed by atoms with van der Waals surface area (Å²) < 4.78 is 5.80. The molecule has 1 fully saturated rings. The Morgan fingerprint density at radius 2 is 1.77 bits per heavy atom. The van der Waals surface area contributed by atoms with Gasteiger partial charge >= 0.3 is 0 Å². The maximum absolute atomic E-state index is 5.80. The lowest BCUT2D eigenvalue weighted by molar-refractivity contribution is 0.152. The highest BCUT2D eigenvalue weighted by atomic mass is 16.5. The van der Waals surface area contributed by atoms with Gasteiger partial charge in [-0.25, -0.2) is 0 Å². The number of nitrogens with one attached hydrogen (secondary N) is 2. The lowest BCUT2D eigenvalue weighted by Gasteiger charge is -2.36. The lowest BCUT2D eigenvalue weighted by atomic mass is 10.1. The van der Waals surface area contributed by atoms with Gasteiger partial charge in [0.05, 0.1) is 0 Å². The summed E-state index contributed by atoms with van der Waals surface area (Å²) in [7, 11) is 1.86. The van der Waals surface area contributed by atoms with E-state index in [2.05, 4.69) is 46.2 Å². The van der Waals surface area contributed by atoms with E-state index >= 15 is 0 Å². The van der Waals surface area contributed by atoms with E-state index in [0.29, 0.717) is 0 Å². The van der Waals surface area contributed by atoms with Crippen molar-refractivity contribution >= 4 is 5.96 Å². The standard InChI is InChI=1S/C20H35N5O/c1-20(2,3)23-11-10-22-19(21-4)25-14-12-24(13-15-25)16-17-26-18-8-6-5-7-9-18/h5-9,23H,10-17H2,1-4H3,(H,21,22). The van der Waals surface area contributed by atoms with Gasteiger partial charge in [0.15, 0.2) is 5.96 Å². The van der Waals surface area contributed by atoms with Crippen LogP contribution in [0.25, 0.3) is 0 Å². The van der Waals surface area contributed by atoms with Crippen molar-refractivity contribution in [3.8, 4) is 5.75 Å². The zero-order valence-electron chi connectivity index (χ0n) is 16.8. The molecule has 2 rings (SSSR count). The van der Waals surface area contributed by atoms with E-state index in [0.717, 1.165) is 64.1 Å². The number of benzene rings is 1. The molecule has 1 saturated heterocycles. The van der Waals surface area contributed by atoms with Crippen LogP contribution in [0.5, 0.6) is 5.75 Å². The van der Waals surface area contributed by atoms with Gasteiger partial charge in [-0.15, -0.1) is 0 Å². The quantitative estimate of drug-likeness (QED) is 0.439. The topological polar surface area (TPSA) is 52.1 Å². The highest BCUT2D eigenvalue weighted by Crippen LogP contribution is 2.08. The fourth-order valence-corrected chi connectivity index (χ4v) is 2.94. The highest BCUT2D eigenvalue weighted by Gasteiger charge is 2.19. The van der Waals surface area contributed by atoms with Crippen LogP contribution in [0, 0.1) is 0 Å². The maximum Gasteiger partial charge on any atom is 0.193 e. The Hall–Kier alpha value is -1.79. The molecule has 0 aromatic heterocycles. The average molecular weight is 362 g/mol. The van der Waals surface area contributed by atoms with Crippen LogP contribution >= 0.6 is 0 Å². The van der Waals surface area contributed by atoms with Gasteiger partial charge < -0.3 is 20.3 Å². The number of nitrogens with zero attached hydrogens (tertiary/aromatic N) is 3. The molecule has 0 amide bonds. The Morgan fingerprint density at radius 3 is 2.38 bits per heavy atom. The summed E-state index contributed by atoms with van der Waals surface area (Å²) >= 11 is 0. The molecule has 0 radical (unpaired) electrons. The molecule has 0 spiro atoms. The van der Waals surface area contributed by atoms with E-state index in [4.69, 9.17) is 4.74 Å². The first-order chi connectivity index (χ1) is 12.5. The van der Waals surface area contributed by atoms with Crippen molar-refractivity contribution in [2.45, 2.75) is 26.3 Å². The Kier molecular flexibility index (Phi) is 8.19. The maximum atomic E-state index is 5.80. The van der Waals surface area contributed by atoms with Crippen molar-refractivity contribution < 1.29 is 4.74 Å². The molecule has 6 nitrogen and oxygen atoms in total. The summed E-state index contributed by atoms with van der Waals surface area (Å²) in [6.45, 7) is 14.1. The van der Waals surface area contributed by atoms with Crippen molar-refractivity contribution in [3.05, 3.63) is 30.3 Å². The van der Waals surface area contributed by atoms with E-state index in [1.54, 1.807) is 0 Å². The van der Waals surface area contributed by atoms with Crippen LogP contribution in [-0.4, -0.2) is 80.8 Å². The van der Waals surface area contributed by atoms with Crippen molar-refractivity contribution in [2.75, 3.05) is 59.5 Å². The summed E-state index contributed by atoms with van der Waals surface area (Å²) in [6.07, 6.45) is 0. The molecule has 6 heteroatoms. The minimum Gasteiger partial charge on any atom is -0.492 e. The van der Waals surface area contributed by atoms with Crippen molar-refractivity contribution in [1.82, 2.24) is 20.4 Å². The summed E-state index contributed by atoms with van der Waals surface area (Å²) in [5, 5.41) is 6.95. The Labute approximate surface area is 158 Å². The minimum absolute atomic E-state index is 0.151. The largest absolute Gasteiger partial charge is 0.492 e. The molecular weight excluding hydrogens is 326 g/mol. The van der Waals surface area contributed by atoms with Gasteiger partial charge in [0.2, 0.25) is 0 Å². The molecule has 0 unspecified atom stereocenters. The van der Waals surface area contributed by atoms with Gasteiger partial charge in [-0.3, -0.25) is 9.89 Å².